The minimum atomic E-state index is -0.0612. The van der Waals surface area contributed by atoms with Gasteiger partial charge in [0.2, 0.25) is 5.91 Å². The fourth-order valence-electron chi connectivity index (χ4n) is 2.74. The second-order valence-corrected chi connectivity index (χ2v) is 5.92. The molecule has 2 aromatic carbocycles. The molecule has 0 aromatic heterocycles. The summed E-state index contributed by atoms with van der Waals surface area (Å²) in [4.78, 5) is 12.2. The Labute approximate surface area is 141 Å². The summed E-state index contributed by atoms with van der Waals surface area (Å²) in [5, 5.41) is 13.8. The Morgan fingerprint density at radius 1 is 1.25 bits per heavy atom. The summed E-state index contributed by atoms with van der Waals surface area (Å²) in [7, 11) is 1.49. The Bertz CT molecular complexity index is 771. The molecule has 0 bridgehead atoms. The molecule has 0 unspecified atom stereocenters. The van der Waals surface area contributed by atoms with Crippen LogP contribution in [0.15, 0.2) is 53.6 Å². The van der Waals surface area contributed by atoms with Gasteiger partial charge in [0.1, 0.15) is 0 Å². The number of carbonyl (C=O) groups excluding carboxylic acids is 1. The maximum atomic E-state index is 12.2. The first-order valence-electron chi connectivity index (χ1n) is 7.86. The van der Waals surface area contributed by atoms with Crippen LogP contribution in [0.3, 0.4) is 0 Å². The van der Waals surface area contributed by atoms with Gasteiger partial charge in [-0.1, -0.05) is 30.3 Å². The summed E-state index contributed by atoms with van der Waals surface area (Å²) in [5.74, 6) is 0.657. The van der Waals surface area contributed by atoms with Crippen LogP contribution in [0.5, 0.6) is 11.5 Å². The van der Waals surface area contributed by atoms with Crippen LogP contribution in [-0.2, 0) is 4.79 Å². The first kappa shape index (κ1) is 16.1. The van der Waals surface area contributed by atoms with Crippen molar-refractivity contribution in [3.05, 3.63) is 59.7 Å². The average molecular weight is 324 g/mol. The number of hydrogen-bond donors (Lipinski definition) is 2. The third-order valence-electron chi connectivity index (χ3n) is 4.29. The fourth-order valence-corrected chi connectivity index (χ4v) is 2.74. The number of nitrogens with zero attached hydrogens (tertiary/aromatic N) is 1. The van der Waals surface area contributed by atoms with Gasteiger partial charge in [0.05, 0.1) is 12.8 Å². The molecule has 124 valence electrons. The highest BCUT2D eigenvalue weighted by Crippen LogP contribution is 2.47. The normalized spacial score (nSPS) is 19.7. The van der Waals surface area contributed by atoms with Crippen molar-refractivity contribution in [3.8, 4) is 11.5 Å². The molecule has 0 radical (unpaired) electrons. The lowest BCUT2D eigenvalue weighted by Crippen LogP contribution is -2.21. The fraction of sp³-hybridized carbons (Fsp3) is 0.263. The number of hydrogen-bond acceptors (Lipinski definition) is 4. The second kappa shape index (κ2) is 6.74. The Morgan fingerprint density at radius 2 is 2.00 bits per heavy atom. The predicted molar refractivity (Wildman–Crippen MR) is 92.3 cm³/mol. The van der Waals surface area contributed by atoms with E-state index in [0.29, 0.717) is 11.5 Å². The van der Waals surface area contributed by atoms with Crippen molar-refractivity contribution < 1.29 is 14.6 Å². The van der Waals surface area contributed by atoms with E-state index in [4.69, 9.17) is 4.74 Å². The van der Waals surface area contributed by atoms with Gasteiger partial charge in [0.15, 0.2) is 11.5 Å². The zero-order valence-electron chi connectivity index (χ0n) is 13.7. The molecule has 0 spiro atoms. The molecular weight excluding hydrogens is 304 g/mol. The molecule has 1 fully saturated rings. The highest BCUT2D eigenvalue weighted by Gasteiger charge is 2.43. The van der Waals surface area contributed by atoms with E-state index < -0.39 is 0 Å². The van der Waals surface area contributed by atoms with E-state index in [0.717, 1.165) is 12.0 Å². The number of aromatic hydroxyl groups is 1. The molecule has 0 saturated heterocycles. The zero-order chi connectivity index (χ0) is 17.1. The van der Waals surface area contributed by atoms with Gasteiger partial charge < -0.3 is 9.84 Å². The first-order chi connectivity index (χ1) is 11.6. The van der Waals surface area contributed by atoms with E-state index in [1.807, 2.05) is 18.2 Å². The molecule has 1 aliphatic carbocycles. The maximum absolute atomic E-state index is 12.2. The van der Waals surface area contributed by atoms with Crippen LogP contribution in [0, 0.1) is 5.92 Å². The summed E-state index contributed by atoms with van der Waals surface area (Å²) in [6, 6.07) is 15.0. The number of ether oxygens (including phenoxy) is 1. The number of methoxy groups -OCH3 is 1. The van der Waals surface area contributed by atoms with Gasteiger partial charge in [-0.3, -0.25) is 4.79 Å². The first-order valence-corrected chi connectivity index (χ1v) is 7.86. The number of phenolic OH excluding ortho intramolecular Hbond substituents is 1. The van der Waals surface area contributed by atoms with Crippen LogP contribution >= 0.6 is 0 Å². The van der Waals surface area contributed by atoms with Crippen molar-refractivity contribution in [2.24, 2.45) is 11.0 Å². The van der Waals surface area contributed by atoms with Crippen molar-refractivity contribution in [1.82, 2.24) is 5.43 Å². The van der Waals surface area contributed by atoms with E-state index in [2.05, 4.69) is 22.7 Å². The molecule has 1 aliphatic rings. The number of phenols is 1. The highest BCUT2D eigenvalue weighted by molar-refractivity contribution is 6.00. The molecule has 0 heterocycles. The van der Waals surface area contributed by atoms with Gasteiger partial charge in [-0.25, -0.2) is 5.43 Å². The van der Waals surface area contributed by atoms with Crippen LogP contribution in [0.1, 0.15) is 30.4 Å². The summed E-state index contributed by atoms with van der Waals surface area (Å²) >= 11 is 0. The number of nitrogens with one attached hydrogen (secondary N) is 1. The monoisotopic (exact) mass is 324 g/mol. The maximum Gasteiger partial charge on any atom is 0.243 e. The van der Waals surface area contributed by atoms with Gasteiger partial charge in [-0.15, -0.1) is 0 Å². The van der Waals surface area contributed by atoms with E-state index in [-0.39, 0.29) is 23.5 Å². The lowest BCUT2D eigenvalue weighted by molar-refractivity contribution is -0.122. The van der Waals surface area contributed by atoms with Crippen molar-refractivity contribution in [1.29, 1.82) is 0 Å². The molecule has 5 heteroatoms. The molecule has 0 aliphatic heterocycles. The summed E-state index contributed by atoms with van der Waals surface area (Å²) in [5.41, 5.74) is 5.27. The number of hydrazone groups is 1. The largest absolute Gasteiger partial charge is 0.504 e. The SMILES string of the molecule is COc1cc(/C(C)=N/NC(=O)[C@H]2C[C@H]2c2ccccc2)ccc1O. The molecule has 1 saturated carbocycles. The van der Waals surface area contributed by atoms with E-state index in [1.165, 1.54) is 12.7 Å². The summed E-state index contributed by atoms with van der Waals surface area (Å²) in [6.45, 7) is 1.80. The van der Waals surface area contributed by atoms with Crippen LogP contribution in [0.2, 0.25) is 0 Å². The lowest BCUT2D eigenvalue weighted by atomic mass is 10.1. The minimum Gasteiger partial charge on any atom is -0.504 e. The molecule has 5 nitrogen and oxygen atoms in total. The Morgan fingerprint density at radius 3 is 2.71 bits per heavy atom. The topological polar surface area (TPSA) is 70.9 Å². The van der Waals surface area contributed by atoms with Crippen LogP contribution in [0.25, 0.3) is 0 Å². The smallest absolute Gasteiger partial charge is 0.243 e. The van der Waals surface area contributed by atoms with Gasteiger partial charge in [0, 0.05) is 11.5 Å². The van der Waals surface area contributed by atoms with Crippen molar-refractivity contribution in [2.75, 3.05) is 7.11 Å². The standard InChI is InChI=1S/C19H20N2O3/c1-12(14-8-9-17(22)18(10-14)24-2)20-21-19(23)16-11-15(16)13-6-4-3-5-7-13/h3-10,15-16,22H,11H2,1-2H3,(H,21,23)/b20-12+/t15-,16-/m0/s1. The van der Waals surface area contributed by atoms with Crippen LogP contribution in [-0.4, -0.2) is 23.8 Å². The molecule has 2 N–H and O–H groups in total. The van der Waals surface area contributed by atoms with Gasteiger partial charge in [0.25, 0.3) is 0 Å². The third kappa shape index (κ3) is 3.40. The Kier molecular flexibility index (Phi) is 4.51. The second-order valence-electron chi connectivity index (χ2n) is 5.92. The number of benzene rings is 2. The molecular formula is C19H20N2O3. The number of amides is 1. The van der Waals surface area contributed by atoms with Gasteiger partial charge in [-0.2, -0.15) is 5.10 Å². The molecule has 2 aromatic rings. The van der Waals surface area contributed by atoms with E-state index in [9.17, 15) is 9.90 Å². The van der Waals surface area contributed by atoms with Gasteiger partial charge >= 0.3 is 0 Å². The third-order valence-corrected chi connectivity index (χ3v) is 4.29. The Hall–Kier alpha value is -2.82. The van der Waals surface area contributed by atoms with Crippen molar-refractivity contribution >= 4 is 11.6 Å². The predicted octanol–water partition coefficient (Wildman–Crippen LogP) is 3.04. The average Bonchev–Trinajstić information content (AvgIpc) is 3.41. The van der Waals surface area contributed by atoms with Crippen LogP contribution < -0.4 is 10.2 Å². The lowest BCUT2D eigenvalue weighted by Gasteiger charge is -2.07. The number of carbonyl (C=O) groups is 1. The molecule has 2 atom stereocenters. The minimum absolute atomic E-state index is 0.0155. The quantitative estimate of drug-likeness (QED) is 0.656. The van der Waals surface area contributed by atoms with Gasteiger partial charge in [-0.05, 0) is 43.0 Å². The van der Waals surface area contributed by atoms with E-state index >= 15 is 0 Å². The van der Waals surface area contributed by atoms with Crippen LogP contribution in [0.4, 0.5) is 0 Å². The Balaban J connectivity index is 1.62. The highest BCUT2D eigenvalue weighted by atomic mass is 16.5. The zero-order valence-corrected chi connectivity index (χ0v) is 13.7. The molecule has 24 heavy (non-hydrogen) atoms. The molecule has 3 rings (SSSR count). The van der Waals surface area contributed by atoms with Crippen molar-refractivity contribution in [2.45, 2.75) is 19.3 Å². The summed E-state index contributed by atoms with van der Waals surface area (Å²) in [6.07, 6.45) is 0.859. The summed E-state index contributed by atoms with van der Waals surface area (Å²) < 4.78 is 5.08. The number of rotatable bonds is 5. The van der Waals surface area contributed by atoms with Crippen molar-refractivity contribution in [3.63, 3.8) is 0 Å². The van der Waals surface area contributed by atoms with E-state index in [1.54, 1.807) is 25.1 Å². The molecule has 1 amide bonds.